The van der Waals surface area contributed by atoms with Crippen molar-refractivity contribution in [1.82, 2.24) is 5.32 Å². The maximum absolute atomic E-state index is 12.2. The van der Waals surface area contributed by atoms with E-state index < -0.39 is 0 Å². The molecule has 0 radical (unpaired) electrons. The van der Waals surface area contributed by atoms with Gasteiger partial charge in [0.05, 0.1) is 38.2 Å². The molecule has 2 aromatic carbocycles. The number of carbonyl (C=O) groups excluding carboxylic acids is 1. The number of morpholine rings is 1. The van der Waals surface area contributed by atoms with E-state index in [1.807, 2.05) is 48.5 Å². The lowest BCUT2D eigenvalue weighted by atomic mass is 10.2. The molecule has 0 atom stereocenters. The number of nitrogens with zero attached hydrogens (tertiary/aromatic N) is 1. The summed E-state index contributed by atoms with van der Waals surface area (Å²) < 4.78 is 16.1. The molecule has 0 aliphatic carbocycles. The highest BCUT2D eigenvalue weighted by Gasteiger charge is 2.15. The Balaban J connectivity index is 1.45. The highest BCUT2D eigenvalue weighted by Crippen LogP contribution is 2.26. The van der Waals surface area contributed by atoms with Gasteiger partial charge in [0.2, 0.25) is 0 Å². The van der Waals surface area contributed by atoms with Crippen LogP contribution in [0.4, 0.5) is 16.2 Å². The van der Waals surface area contributed by atoms with E-state index in [1.54, 1.807) is 7.11 Å². The number of methoxy groups -OCH3 is 1. The van der Waals surface area contributed by atoms with E-state index >= 15 is 0 Å². The summed E-state index contributed by atoms with van der Waals surface area (Å²) in [6.45, 7) is 3.81. The van der Waals surface area contributed by atoms with Crippen LogP contribution in [0.25, 0.3) is 0 Å². The first kappa shape index (κ1) is 18.8. The van der Waals surface area contributed by atoms with Crippen molar-refractivity contribution in [2.45, 2.75) is 0 Å². The predicted molar refractivity (Wildman–Crippen MR) is 105 cm³/mol. The van der Waals surface area contributed by atoms with Gasteiger partial charge in [0.25, 0.3) is 0 Å². The third kappa shape index (κ3) is 5.52. The molecule has 2 amide bonds. The van der Waals surface area contributed by atoms with E-state index in [9.17, 15) is 4.79 Å². The van der Waals surface area contributed by atoms with Crippen LogP contribution in [0, 0.1) is 0 Å². The van der Waals surface area contributed by atoms with Gasteiger partial charge in [0.1, 0.15) is 18.1 Å². The maximum Gasteiger partial charge on any atom is 0.319 e. The summed E-state index contributed by atoms with van der Waals surface area (Å²) in [6, 6.07) is 14.9. The second-order valence-electron chi connectivity index (χ2n) is 6.02. The average molecular weight is 371 g/mol. The zero-order valence-electron chi connectivity index (χ0n) is 15.4. The Kier molecular flexibility index (Phi) is 6.76. The Bertz CT molecular complexity index is 730. The molecule has 27 heavy (non-hydrogen) atoms. The number of urea groups is 1. The lowest BCUT2D eigenvalue weighted by Crippen LogP contribution is -2.37. The zero-order chi connectivity index (χ0) is 18.9. The number of carbonyl (C=O) groups is 1. The van der Waals surface area contributed by atoms with Crippen LogP contribution in [0.2, 0.25) is 0 Å². The molecule has 2 aromatic rings. The smallest absolute Gasteiger partial charge is 0.319 e. The number of nitrogens with one attached hydrogen (secondary N) is 2. The van der Waals surface area contributed by atoms with Crippen LogP contribution in [0.15, 0.2) is 48.5 Å². The van der Waals surface area contributed by atoms with Crippen molar-refractivity contribution < 1.29 is 19.0 Å². The van der Waals surface area contributed by atoms with Crippen LogP contribution < -0.4 is 25.0 Å². The third-order valence-electron chi connectivity index (χ3n) is 4.22. The number of hydrogen-bond donors (Lipinski definition) is 2. The van der Waals surface area contributed by atoms with Gasteiger partial charge in [-0.05, 0) is 36.4 Å². The molecule has 0 saturated carbocycles. The first-order valence-corrected chi connectivity index (χ1v) is 8.99. The van der Waals surface area contributed by atoms with Crippen LogP contribution >= 0.6 is 0 Å². The quantitative estimate of drug-likeness (QED) is 0.733. The van der Waals surface area contributed by atoms with Gasteiger partial charge < -0.3 is 29.7 Å². The Morgan fingerprint density at radius 1 is 1.07 bits per heavy atom. The predicted octanol–water partition coefficient (Wildman–Crippen LogP) is 2.73. The van der Waals surface area contributed by atoms with E-state index in [-0.39, 0.29) is 6.03 Å². The standard InChI is InChI=1S/C20H25N3O4/c1-25-16-6-8-17(9-7-16)27-13-10-21-20(24)22-18-4-2-3-5-19(18)23-11-14-26-15-12-23/h2-9H,10-15H2,1H3,(H2,21,22,24). The van der Waals surface area contributed by atoms with Crippen molar-refractivity contribution in [1.29, 1.82) is 0 Å². The minimum atomic E-state index is -0.256. The molecule has 0 bridgehead atoms. The molecule has 0 spiro atoms. The number of hydrogen-bond acceptors (Lipinski definition) is 5. The molecule has 1 fully saturated rings. The third-order valence-corrected chi connectivity index (χ3v) is 4.22. The number of rotatable bonds is 7. The minimum absolute atomic E-state index is 0.256. The molecule has 1 heterocycles. The van der Waals surface area contributed by atoms with Crippen molar-refractivity contribution >= 4 is 17.4 Å². The zero-order valence-corrected chi connectivity index (χ0v) is 15.4. The summed E-state index contributed by atoms with van der Waals surface area (Å²) in [4.78, 5) is 14.4. The van der Waals surface area contributed by atoms with Crippen LogP contribution in [0.5, 0.6) is 11.5 Å². The van der Waals surface area contributed by atoms with E-state index in [0.717, 1.165) is 36.0 Å². The van der Waals surface area contributed by atoms with Crippen LogP contribution in [0.1, 0.15) is 0 Å². The van der Waals surface area contributed by atoms with Crippen molar-refractivity contribution in [2.24, 2.45) is 0 Å². The molecular weight excluding hydrogens is 346 g/mol. The molecule has 2 N–H and O–H groups in total. The lowest BCUT2D eigenvalue weighted by molar-refractivity contribution is 0.123. The molecular formula is C20H25N3O4. The molecule has 1 aliphatic heterocycles. The first-order valence-electron chi connectivity index (χ1n) is 8.99. The first-order chi connectivity index (χ1) is 13.3. The maximum atomic E-state index is 12.2. The van der Waals surface area contributed by atoms with E-state index in [4.69, 9.17) is 14.2 Å². The Labute approximate surface area is 159 Å². The van der Waals surface area contributed by atoms with Gasteiger partial charge in [-0.3, -0.25) is 0 Å². The van der Waals surface area contributed by atoms with Crippen molar-refractivity contribution in [2.75, 3.05) is 56.8 Å². The van der Waals surface area contributed by atoms with Crippen molar-refractivity contribution in [3.8, 4) is 11.5 Å². The van der Waals surface area contributed by atoms with Gasteiger partial charge in [0, 0.05) is 13.1 Å². The summed E-state index contributed by atoms with van der Waals surface area (Å²) in [5.41, 5.74) is 1.79. The molecule has 1 saturated heterocycles. The number of benzene rings is 2. The molecule has 0 aromatic heterocycles. The summed E-state index contributed by atoms with van der Waals surface area (Å²) >= 11 is 0. The monoisotopic (exact) mass is 371 g/mol. The average Bonchev–Trinajstić information content (AvgIpc) is 2.73. The largest absolute Gasteiger partial charge is 0.497 e. The summed E-state index contributed by atoms with van der Waals surface area (Å²) in [6.07, 6.45) is 0. The van der Waals surface area contributed by atoms with Crippen molar-refractivity contribution in [3.05, 3.63) is 48.5 Å². The topological polar surface area (TPSA) is 72.1 Å². The van der Waals surface area contributed by atoms with Gasteiger partial charge in [-0.2, -0.15) is 0 Å². The molecule has 7 nitrogen and oxygen atoms in total. The van der Waals surface area contributed by atoms with Crippen LogP contribution in [-0.4, -0.2) is 52.6 Å². The number of anilines is 2. The Morgan fingerprint density at radius 3 is 2.52 bits per heavy atom. The molecule has 0 unspecified atom stereocenters. The SMILES string of the molecule is COc1ccc(OCCNC(=O)Nc2ccccc2N2CCOCC2)cc1. The van der Waals surface area contributed by atoms with Crippen LogP contribution in [-0.2, 0) is 4.74 Å². The Morgan fingerprint density at radius 2 is 1.78 bits per heavy atom. The van der Waals surface area contributed by atoms with E-state index in [1.165, 1.54) is 0 Å². The van der Waals surface area contributed by atoms with E-state index in [0.29, 0.717) is 26.4 Å². The fourth-order valence-electron chi connectivity index (χ4n) is 2.83. The second-order valence-corrected chi connectivity index (χ2v) is 6.02. The van der Waals surface area contributed by atoms with Gasteiger partial charge >= 0.3 is 6.03 Å². The highest BCUT2D eigenvalue weighted by atomic mass is 16.5. The normalized spacial score (nSPS) is 13.7. The molecule has 7 heteroatoms. The van der Waals surface area contributed by atoms with E-state index in [2.05, 4.69) is 15.5 Å². The highest BCUT2D eigenvalue weighted by molar-refractivity contribution is 5.93. The summed E-state index contributed by atoms with van der Waals surface area (Å²) in [5, 5.41) is 5.73. The second kappa shape index (κ2) is 9.68. The minimum Gasteiger partial charge on any atom is -0.497 e. The fourth-order valence-corrected chi connectivity index (χ4v) is 2.83. The number of para-hydroxylation sites is 2. The molecule has 1 aliphatic rings. The fraction of sp³-hybridized carbons (Fsp3) is 0.350. The Hall–Kier alpha value is -2.93. The summed E-state index contributed by atoms with van der Waals surface area (Å²) in [5.74, 6) is 1.51. The van der Waals surface area contributed by atoms with Gasteiger partial charge in [-0.15, -0.1) is 0 Å². The lowest BCUT2D eigenvalue weighted by Gasteiger charge is -2.30. The van der Waals surface area contributed by atoms with Crippen LogP contribution in [0.3, 0.4) is 0 Å². The number of ether oxygens (including phenoxy) is 3. The number of amides is 2. The van der Waals surface area contributed by atoms with Crippen molar-refractivity contribution in [3.63, 3.8) is 0 Å². The van der Waals surface area contributed by atoms with Gasteiger partial charge in [0.15, 0.2) is 0 Å². The molecule has 3 rings (SSSR count). The van der Waals surface area contributed by atoms with Gasteiger partial charge in [-0.1, -0.05) is 12.1 Å². The summed E-state index contributed by atoms with van der Waals surface area (Å²) in [7, 11) is 1.62. The van der Waals surface area contributed by atoms with Gasteiger partial charge in [-0.25, -0.2) is 4.79 Å². The molecule has 144 valence electrons.